The summed E-state index contributed by atoms with van der Waals surface area (Å²) in [5.41, 5.74) is 12.4. The van der Waals surface area contributed by atoms with Crippen molar-refractivity contribution in [2.75, 3.05) is 0 Å². The van der Waals surface area contributed by atoms with E-state index in [-0.39, 0.29) is 11.9 Å². The minimum Gasteiger partial charge on any atom is -0.361 e. The number of para-hydroxylation sites is 1. The summed E-state index contributed by atoms with van der Waals surface area (Å²) in [5.74, 6) is 1.19. The topological polar surface area (TPSA) is 72.5 Å². The summed E-state index contributed by atoms with van der Waals surface area (Å²) in [6, 6.07) is 22.9. The number of hydrogen-bond acceptors (Lipinski definition) is 4. The van der Waals surface area contributed by atoms with Crippen LogP contribution in [0.1, 0.15) is 34.1 Å². The van der Waals surface area contributed by atoms with E-state index < -0.39 is 0 Å². The van der Waals surface area contributed by atoms with Crippen LogP contribution in [-0.2, 0) is 18.7 Å². The molecule has 0 radical (unpaired) electrons. The molecule has 5 nitrogen and oxygen atoms in total. The van der Waals surface area contributed by atoms with Gasteiger partial charge in [-0.1, -0.05) is 71.9 Å². The summed E-state index contributed by atoms with van der Waals surface area (Å²) < 4.78 is 15.4. The van der Waals surface area contributed by atoms with E-state index in [0.29, 0.717) is 18.7 Å². The number of halogens is 1. The van der Waals surface area contributed by atoms with Gasteiger partial charge in [0.1, 0.15) is 5.82 Å². The lowest BCUT2D eigenvalue weighted by Gasteiger charge is -2.15. The highest BCUT2D eigenvalue weighted by molar-refractivity contribution is 7.98. The number of nitrogens with two attached hydrogens (primary N) is 1. The van der Waals surface area contributed by atoms with Gasteiger partial charge in [-0.25, -0.2) is 4.39 Å². The van der Waals surface area contributed by atoms with Crippen LogP contribution in [0.5, 0.6) is 0 Å². The van der Waals surface area contributed by atoms with Crippen molar-refractivity contribution in [2.45, 2.75) is 36.8 Å². The Hall–Kier alpha value is -3.42. The zero-order chi connectivity index (χ0) is 23.5. The summed E-state index contributed by atoms with van der Waals surface area (Å²) in [5, 5.41) is 11.0. The highest BCUT2D eigenvalue weighted by Gasteiger charge is 2.20. The van der Waals surface area contributed by atoms with Gasteiger partial charge in [0.15, 0.2) is 11.0 Å². The Morgan fingerprint density at radius 3 is 2.50 bits per heavy atom. The fourth-order valence-electron chi connectivity index (χ4n) is 4.06. The van der Waals surface area contributed by atoms with Crippen molar-refractivity contribution in [1.29, 1.82) is 0 Å². The second kappa shape index (κ2) is 9.83. The lowest BCUT2D eigenvalue weighted by molar-refractivity contribution is 0.589. The van der Waals surface area contributed by atoms with Crippen LogP contribution in [0, 0.1) is 12.7 Å². The molecule has 2 heterocycles. The van der Waals surface area contributed by atoms with E-state index >= 15 is 0 Å². The van der Waals surface area contributed by atoms with E-state index in [4.69, 9.17) is 5.73 Å². The third kappa shape index (κ3) is 4.90. The van der Waals surface area contributed by atoms with E-state index in [1.807, 2.05) is 18.3 Å². The molecule has 0 fully saturated rings. The largest absolute Gasteiger partial charge is 0.361 e. The van der Waals surface area contributed by atoms with E-state index in [1.54, 1.807) is 23.9 Å². The maximum absolute atomic E-state index is 13.3. The van der Waals surface area contributed by atoms with Crippen LogP contribution in [0.3, 0.4) is 0 Å². The molecule has 1 atom stereocenters. The van der Waals surface area contributed by atoms with Crippen molar-refractivity contribution < 1.29 is 4.39 Å². The normalized spacial score (nSPS) is 12.3. The number of thioether (sulfide) groups is 1. The Morgan fingerprint density at radius 2 is 1.71 bits per heavy atom. The van der Waals surface area contributed by atoms with Crippen molar-refractivity contribution in [3.8, 4) is 0 Å². The molecule has 3 aromatic carbocycles. The lowest BCUT2D eigenvalue weighted by Crippen LogP contribution is -2.20. The lowest BCUT2D eigenvalue weighted by atomic mass is 10.0. The van der Waals surface area contributed by atoms with Crippen molar-refractivity contribution >= 4 is 22.7 Å². The summed E-state index contributed by atoms with van der Waals surface area (Å²) >= 11 is 1.58. The number of nitrogens with zero attached hydrogens (tertiary/aromatic N) is 3. The first-order chi connectivity index (χ1) is 16.6. The minimum atomic E-state index is -0.308. The van der Waals surface area contributed by atoms with Crippen LogP contribution in [0.4, 0.5) is 4.39 Å². The number of aryl methyl sites for hydroxylation is 1. The number of fused-ring (bicyclic) bond motifs is 1. The third-order valence-electron chi connectivity index (χ3n) is 5.93. The zero-order valence-electron chi connectivity index (χ0n) is 18.9. The van der Waals surface area contributed by atoms with Gasteiger partial charge in [-0.2, -0.15) is 0 Å². The molecule has 2 aromatic heterocycles. The molecule has 0 saturated heterocycles. The summed E-state index contributed by atoms with van der Waals surface area (Å²) in [4.78, 5) is 3.32. The second-order valence-electron chi connectivity index (χ2n) is 8.50. The minimum absolute atomic E-state index is 0.234. The van der Waals surface area contributed by atoms with Crippen LogP contribution in [0.25, 0.3) is 10.9 Å². The smallest absolute Gasteiger partial charge is 0.191 e. The number of benzene rings is 3. The molecule has 3 N–H and O–H groups in total. The van der Waals surface area contributed by atoms with Crippen molar-refractivity contribution in [3.63, 3.8) is 0 Å². The summed E-state index contributed by atoms with van der Waals surface area (Å²) in [6.07, 6.45) is 2.67. The molecular formula is C27H26FN5S. The first-order valence-electron chi connectivity index (χ1n) is 11.2. The van der Waals surface area contributed by atoms with Gasteiger partial charge in [0, 0.05) is 22.9 Å². The van der Waals surface area contributed by atoms with E-state index in [1.165, 1.54) is 23.1 Å². The molecule has 0 bridgehead atoms. The monoisotopic (exact) mass is 471 g/mol. The van der Waals surface area contributed by atoms with Gasteiger partial charge < -0.3 is 15.3 Å². The highest BCUT2D eigenvalue weighted by Crippen LogP contribution is 2.27. The van der Waals surface area contributed by atoms with Gasteiger partial charge >= 0.3 is 0 Å². The standard InChI is InChI=1S/C27H26FN5S/c1-18-6-8-19(9-7-18)16-33-26(24(29)14-21-15-30-25-5-3-2-4-23(21)25)31-32-27(33)34-17-20-10-12-22(28)13-11-20/h2-13,15,24,30H,14,16-17,29H2,1H3. The molecule has 5 aromatic rings. The van der Waals surface area contributed by atoms with Crippen LogP contribution in [0.15, 0.2) is 84.1 Å². The highest BCUT2D eigenvalue weighted by atomic mass is 32.2. The molecule has 1 unspecified atom stereocenters. The molecule has 0 amide bonds. The molecule has 0 aliphatic heterocycles. The molecule has 0 aliphatic carbocycles. The predicted molar refractivity (Wildman–Crippen MR) is 135 cm³/mol. The van der Waals surface area contributed by atoms with Gasteiger partial charge in [-0.15, -0.1) is 10.2 Å². The number of nitrogens with one attached hydrogen (secondary N) is 1. The van der Waals surface area contributed by atoms with Crippen LogP contribution >= 0.6 is 11.8 Å². The maximum Gasteiger partial charge on any atom is 0.191 e. The van der Waals surface area contributed by atoms with Crippen LogP contribution in [0.2, 0.25) is 0 Å². The van der Waals surface area contributed by atoms with E-state index in [2.05, 4.69) is 63.1 Å². The zero-order valence-corrected chi connectivity index (χ0v) is 19.7. The van der Waals surface area contributed by atoms with Gasteiger partial charge in [-0.3, -0.25) is 0 Å². The van der Waals surface area contributed by atoms with Crippen molar-refractivity contribution in [1.82, 2.24) is 19.7 Å². The quantitative estimate of drug-likeness (QED) is 0.281. The van der Waals surface area contributed by atoms with Crippen LogP contribution < -0.4 is 5.73 Å². The number of aromatic nitrogens is 4. The maximum atomic E-state index is 13.3. The van der Waals surface area contributed by atoms with Gasteiger partial charge in [-0.05, 0) is 48.2 Å². The Kier molecular flexibility index (Phi) is 6.47. The molecule has 0 aliphatic rings. The molecule has 7 heteroatoms. The number of rotatable bonds is 8. The second-order valence-corrected chi connectivity index (χ2v) is 9.44. The Balaban J connectivity index is 1.42. The average molecular weight is 472 g/mol. The number of hydrogen-bond donors (Lipinski definition) is 2. The number of H-pyrrole nitrogens is 1. The van der Waals surface area contributed by atoms with E-state index in [0.717, 1.165) is 33.2 Å². The van der Waals surface area contributed by atoms with Crippen LogP contribution in [-0.4, -0.2) is 19.7 Å². The number of aromatic amines is 1. The van der Waals surface area contributed by atoms with Gasteiger partial charge in [0.25, 0.3) is 0 Å². The van der Waals surface area contributed by atoms with Gasteiger partial charge in [0.05, 0.1) is 12.6 Å². The van der Waals surface area contributed by atoms with Crippen molar-refractivity contribution in [2.24, 2.45) is 5.73 Å². The molecule has 5 rings (SSSR count). The summed E-state index contributed by atoms with van der Waals surface area (Å²) in [7, 11) is 0. The molecule has 34 heavy (non-hydrogen) atoms. The summed E-state index contributed by atoms with van der Waals surface area (Å²) in [6.45, 7) is 2.71. The molecule has 0 saturated carbocycles. The average Bonchev–Trinajstić information content (AvgIpc) is 3.44. The first-order valence-corrected chi connectivity index (χ1v) is 12.2. The Morgan fingerprint density at radius 1 is 0.971 bits per heavy atom. The fraction of sp³-hybridized carbons (Fsp3) is 0.185. The van der Waals surface area contributed by atoms with E-state index in [9.17, 15) is 4.39 Å². The fourth-order valence-corrected chi connectivity index (χ4v) is 4.96. The first kappa shape index (κ1) is 22.4. The molecular weight excluding hydrogens is 445 g/mol. The SMILES string of the molecule is Cc1ccc(Cn2c(SCc3ccc(F)cc3)nnc2C(N)Cc2c[nH]c3ccccc23)cc1. The predicted octanol–water partition coefficient (Wildman–Crippen LogP) is 5.79. The van der Waals surface area contributed by atoms with Crippen molar-refractivity contribution in [3.05, 3.63) is 113 Å². The molecule has 172 valence electrons. The Bertz CT molecular complexity index is 1390. The third-order valence-corrected chi connectivity index (χ3v) is 6.97. The molecule has 0 spiro atoms. The van der Waals surface area contributed by atoms with Gasteiger partial charge in [0.2, 0.25) is 0 Å². The Labute approximate surface area is 202 Å².